The number of hydrogen-bond acceptors (Lipinski definition) is 1. The van der Waals surface area contributed by atoms with E-state index in [4.69, 9.17) is 0 Å². The Labute approximate surface area is 81.7 Å². The average Bonchev–Trinajstić information content (AvgIpc) is 2.81. The SMILES string of the molecule is Cl.FC(F)C(F)N(C1CC1)C1CC1. The third-order valence-corrected chi connectivity index (χ3v) is 2.43. The Balaban J connectivity index is 0.000000845. The Bertz CT molecular complexity index is 159. The van der Waals surface area contributed by atoms with Crippen molar-refractivity contribution < 1.29 is 13.2 Å². The minimum absolute atomic E-state index is 0. The summed E-state index contributed by atoms with van der Waals surface area (Å²) in [6.07, 6.45) is -1.29. The predicted molar refractivity (Wildman–Crippen MR) is 46.0 cm³/mol. The van der Waals surface area contributed by atoms with Crippen molar-refractivity contribution in [3.63, 3.8) is 0 Å². The van der Waals surface area contributed by atoms with E-state index in [2.05, 4.69) is 0 Å². The molecule has 78 valence electrons. The fraction of sp³-hybridized carbons (Fsp3) is 1.00. The molecule has 0 aliphatic heterocycles. The zero-order chi connectivity index (χ0) is 8.72. The standard InChI is InChI=1S/C8H12F3N.ClH/c9-7(10)8(11)12(5-1-2-5)6-3-4-6;/h5-8H,1-4H2;1H. The second kappa shape index (κ2) is 4.05. The van der Waals surface area contributed by atoms with E-state index in [1.165, 1.54) is 4.90 Å². The quantitative estimate of drug-likeness (QED) is 0.652. The first-order valence-corrected chi connectivity index (χ1v) is 4.40. The molecule has 0 aromatic heterocycles. The summed E-state index contributed by atoms with van der Waals surface area (Å²) in [5.74, 6) is 0. The summed E-state index contributed by atoms with van der Waals surface area (Å²) < 4.78 is 37.0. The highest BCUT2D eigenvalue weighted by atomic mass is 35.5. The summed E-state index contributed by atoms with van der Waals surface area (Å²) in [7, 11) is 0. The van der Waals surface area contributed by atoms with Crippen LogP contribution in [0.15, 0.2) is 0 Å². The van der Waals surface area contributed by atoms with Crippen LogP contribution in [0.5, 0.6) is 0 Å². The Hall–Kier alpha value is 0.0400. The molecule has 0 radical (unpaired) electrons. The first kappa shape index (κ1) is 11.1. The molecule has 0 saturated heterocycles. The van der Waals surface area contributed by atoms with Gasteiger partial charge in [0.2, 0.25) is 6.30 Å². The number of alkyl halides is 3. The molecule has 5 heteroatoms. The maximum atomic E-state index is 12.9. The monoisotopic (exact) mass is 215 g/mol. The van der Waals surface area contributed by atoms with Gasteiger partial charge < -0.3 is 0 Å². The molecule has 2 saturated carbocycles. The smallest absolute Gasteiger partial charge is 0.263 e. The molecule has 2 rings (SSSR count). The lowest BCUT2D eigenvalue weighted by Crippen LogP contribution is -2.40. The van der Waals surface area contributed by atoms with Crippen molar-refractivity contribution in [3.05, 3.63) is 0 Å². The van der Waals surface area contributed by atoms with Crippen LogP contribution in [-0.4, -0.2) is 29.7 Å². The Kier molecular flexibility index (Phi) is 3.46. The van der Waals surface area contributed by atoms with Crippen molar-refractivity contribution in [2.24, 2.45) is 0 Å². The van der Waals surface area contributed by atoms with Crippen LogP contribution in [0.3, 0.4) is 0 Å². The molecule has 2 fully saturated rings. The Morgan fingerprint density at radius 2 is 1.31 bits per heavy atom. The third kappa shape index (κ3) is 2.50. The number of nitrogens with zero attached hydrogens (tertiary/aromatic N) is 1. The largest absolute Gasteiger partial charge is 0.282 e. The van der Waals surface area contributed by atoms with Crippen molar-refractivity contribution in [2.45, 2.75) is 50.5 Å². The minimum atomic E-state index is -2.84. The van der Waals surface area contributed by atoms with Crippen LogP contribution in [0, 0.1) is 0 Å². The molecule has 1 nitrogen and oxygen atoms in total. The molecule has 2 aliphatic rings. The first-order chi connectivity index (χ1) is 5.70. The maximum Gasteiger partial charge on any atom is 0.282 e. The molecular weight excluding hydrogens is 203 g/mol. The van der Waals surface area contributed by atoms with Crippen LogP contribution in [-0.2, 0) is 0 Å². The van der Waals surface area contributed by atoms with Gasteiger partial charge in [0.15, 0.2) is 0 Å². The van der Waals surface area contributed by atoms with Crippen LogP contribution in [0.1, 0.15) is 25.7 Å². The Morgan fingerprint density at radius 1 is 0.923 bits per heavy atom. The zero-order valence-corrected chi connectivity index (χ0v) is 7.94. The highest BCUT2D eigenvalue weighted by Gasteiger charge is 2.45. The van der Waals surface area contributed by atoms with Gasteiger partial charge in [0.05, 0.1) is 0 Å². The number of halogens is 4. The lowest BCUT2D eigenvalue weighted by Gasteiger charge is -2.24. The van der Waals surface area contributed by atoms with Crippen molar-refractivity contribution >= 4 is 12.4 Å². The first-order valence-electron chi connectivity index (χ1n) is 4.40. The molecular formula is C8H13ClF3N. The van der Waals surface area contributed by atoms with E-state index < -0.39 is 12.7 Å². The molecule has 0 aromatic rings. The maximum absolute atomic E-state index is 12.9. The van der Waals surface area contributed by atoms with Gasteiger partial charge in [-0.05, 0) is 25.7 Å². The van der Waals surface area contributed by atoms with E-state index in [0.717, 1.165) is 25.7 Å². The van der Waals surface area contributed by atoms with Crippen molar-refractivity contribution in [1.82, 2.24) is 4.90 Å². The van der Waals surface area contributed by atoms with Gasteiger partial charge in [-0.25, -0.2) is 13.2 Å². The molecule has 1 unspecified atom stereocenters. The van der Waals surface area contributed by atoms with Crippen LogP contribution in [0.25, 0.3) is 0 Å². The molecule has 0 spiro atoms. The molecule has 0 heterocycles. The number of hydrogen-bond donors (Lipinski definition) is 0. The van der Waals surface area contributed by atoms with Crippen molar-refractivity contribution in [3.8, 4) is 0 Å². The van der Waals surface area contributed by atoms with Gasteiger partial charge in [-0.3, -0.25) is 4.90 Å². The van der Waals surface area contributed by atoms with Gasteiger partial charge in [0.25, 0.3) is 6.43 Å². The van der Waals surface area contributed by atoms with E-state index >= 15 is 0 Å². The van der Waals surface area contributed by atoms with E-state index in [1.54, 1.807) is 0 Å². The third-order valence-electron chi connectivity index (χ3n) is 2.43. The molecule has 0 aromatic carbocycles. The van der Waals surface area contributed by atoms with Crippen molar-refractivity contribution in [1.29, 1.82) is 0 Å². The van der Waals surface area contributed by atoms with Crippen LogP contribution in [0.4, 0.5) is 13.2 Å². The van der Waals surface area contributed by atoms with Gasteiger partial charge in [-0.15, -0.1) is 12.4 Å². The molecule has 13 heavy (non-hydrogen) atoms. The molecule has 1 atom stereocenters. The van der Waals surface area contributed by atoms with Gasteiger partial charge in [-0.2, -0.15) is 0 Å². The normalized spacial score (nSPS) is 24.7. The summed E-state index contributed by atoms with van der Waals surface area (Å²) >= 11 is 0. The molecule has 0 amide bonds. The lowest BCUT2D eigenvalue weighted by atomic mass is 10.4. The Morgan fingerprint density at radius 3 is 1.54 bits per heavy atom. The van der Waals surface area contributed by atoms with Crippen LogP contribution >= 0.6 is 12.4 Å². The summed E-state index contributed by atoms with van der Waals surface area (Å²) in [5, 5.41) is 0. The highest BCUT2D eigenvalue weighted by Crippen LogP contribution is 2.40. The fourth-order valence-electron chi connectivity index (χ4n) is 1.58. The minimum Gasteiger partial charge on any atom is -0.263 e. The summed E-state index contributed by atoms with van der Waals surface area (Å²) in [6, 6.07) is 0.225. The van der Waals surface area contributed by atoms with E-state index in [9.17, 15) is 13.2 Å². The van der Waals surface area contributed by atoms with Gasteiger partial charge in [0, 0.05) is 12.1 Å². The van der Waals surface area contributed by atoms with E-state index in [-0.39, 0.29) is 24.5 Å². The van der Waals surface area contributed by atoms with E-state index in [0.29, 0.717) is 0 Å². The molecule has 2 aliphatic carbocycles. The second-order valence-electron chi connectivity index (χ2n) is 3.62. The highest BCUT2D eigenvalue weighted by molar-refractivity contribution is 5.85. The lowest BCUT2D eigenvalue weighted by molar-refractivity contribution is -0.0571. The summed E-state index contributed by atoms with van der Waals surface area (Å²) in [6.45, 7) is 0. The van der Waals surface area contributed by atoms with Crippen LogP contribution < -0.4 is 0 Å². The second-order valence-corrected chi connectivity index (χ2v) is 3.62. The topological polar surface area (TPSA) is 3.24 Å². The molecule has 0 bridgehead atoms. The van der Waals surface area contributed by atoms with Crippen molar-refractivity contribution in [2.75, 3.05) is 0 Å². The van der Waals surface area contributed by atoms with Gasteiger partial charge >= 0.3 is 0 Å². The predicted octanol–water partition coefficient (Wildman–Crippen LogP) is 2.60. The summed E-state index contributed by atoms with van der Waals surface area (Å²) in [4.78, 5) is 1.38. The van der Waals surface area contributed by atoms with Gasteiger partial charge in [-0.1, -0.05) is 0 Å². The zero-order valence-electron chi connectivity index (χ0n) is 7.13. The van der Waals surface area contributed by atoms with Crippen LogP contribution in [0.2, 0.25) is 0 Å². The van der Waals surface area contributed by atoms with E-state index in [1.807, 2.05) is 0 Å². The number of rotatable bonds is 4. The fourth-order valence-corrected chi connectivity index (χ4v) is 1.58. The summed E-state index contributed by atoms with van der Waals surface area (Å²) in [5.41, 5.74) is 0. The molecule has 0 N–H and O–H groups in total. The van der Waals surface area contributed by atoms with Gasteiger partial charge in [0.1, 0.15) is 0 Å². The average molecular weight is 216 g/mol.